The SMILES string of the molecule is CCc1ccc(Sc2ccc(O)c(OC)c2)cc1. The highest BCUT2D eigenvalue weighted by Gasteiger charge is 2.04. The Morgan fingerprint density at radius 2 is 1.72 bits per heavy atom. The number of hydrogen-bond acceptors (Lipinski definition) is 3. The average Bonchev–Trinajstić information content (AvgIpc) is 2.42. The second-order valence-corrected chi connectivity index (χ2v) is 5.08. The number of rotatable bonds is 4. The lowest BCUT2D eigenvalue weighted by Crippen LogP contribution is -1.84. The van der Waals surface area contributed by atoms with E-state index in [1.807, 2.05) is 12.1 Å². The number of aromatic hydroxyl groups is 1. The van der Waals surface area contributed by atoms with E-state index >= 15 is 0 Å². The van der Waals surface area contributed by atoms with Crippen molar-refractivity contribution in [2.45, 2.75) is 23.1 Å². The van der Waals surface area contributed by atoms with Crippen LogP contribution in [0, 0.1) is 0 Å². The Balaban J connectivity index is 2.17. The van der Waals surface area contributed by atoms with E-state index in [1.54, 1.807) is 24.9 Å². The Morgan fingerprint density at radius 3 is 2.33 bits per heavy atom. The lowest BCUT2D eigenvalue weighted by molar-refractivity contribution is 0.372. The van der Waals surface area contributed by atoms with Gasteiger partial charge in [-0.25, -0.2) is 0 Å². The monoisotopic (exact) mass is 260 g/mol. The minimum Gasteiger partial charge on any atom is -0.504 e. The summed E-state index contributed by atoms with van der Waals surface area (Å²) >= 11 is 1.65. The zero-order chi connectivity index (χ0) is 13.0. The highest BCUT2D eigenvalue weighted by atomic mass is 32.2. The molecular weight excluding hydrogens is 244 g/mol. The van der Waals surface area contributed by atoms with Crippen LogP contribution in [0.15, 0.2) is 52.3 Å². The molecular formula is C15H16O2S. The van der Waals surface area contributed by atoms with E-state index in [0.717, 1.165) is 11.3 Å². The summed E-state index contributed by atoms with van der Waals surface area (Å²) in [7, 11) is 1.56. The molecule has 0 aliphatic heterocycles. The summed E-state index contributed by atoms with van der Waals surface area (Å²) in [6.07, 6.45) is 1.05. The van der Waals surface area contributed by atoms with Crippen molar-refractivity contribution < 1.29 is 9.84 Å². The number of phenols is 1. The van der Waals surface area contributed by atoms with Crippen molar-refractivity contribution in [1.82, 2.24) is 0 Å². The van der Waals surface area contributed by atoms with Crippen LogP contribution < -0.4 is 4.74 Å². The molecule has 0 aliphatic rings. The molecule has 2 nitrogen and oxygen atoms in total. The molecule has 0 bridgehead atoms. The fourth-order valence-corrected chi connectivity index (χ4v) is 2.50. The van der Waals surface area contributed by atoms with Crippen molar-refractivity contribution in [1.29, 1.82) is 0 Å². The number of aryl methyl sites for hydroxylation is 1. The van der Waals surface area contributed by atoms with Crippen molar-refractivity contribution in [2.24, 2.45) is 0 Å². The third-order valence-electron chi connectivity index (χ3n) is 2.72. The lowest BCUT2D eigenvalue weighted by Gasteiger charge is -2.07. The molecule has 0 aliphatic carbocycles. The summed E-state index contributed by atoms with van der Waals surface area (Å²) < 4.78 is 5.10. The molecule has 1 N–H and O–H groups in total. The van der Waals surface area contributed by atoms with Crippen LogP contribution in [0.3, 0.4) is 0 Å². The summed E-state index contributed by atoms with van der Waals surface area (Å²) in [5, 5.41) is 9.54. The van der Waals surface area contributed by atoms with Crippen LogP contribution in [0.4, 0.5) is 0 Å². The number of phenolic OH excluding ortho intramolecular Hbond substituents is 1. The second kappa shape index (κ2) is 5.83. The zero-order valence-corrected chi connectivity index (χ0v) is 11.3. The lowest BCUT2D eigenvalue weighted by atomic mass is 10.2. The number of hydrogen-bond donors (Lipinski definition) is 1. The molecule has 0 aromatic heterocycles. The van der Waals surface area contributed by atoms with Gasteiger partial charge in [-0.15, -0.1) is 0 Å². The van der Waals surface area contributed by atoms with E-state index in [2.05, 4.69) is 31.2 Å². The van der Waals surface area contributed by atoms with E-state index < -0.39 is 0 Å². The number of ether oxygens (including phenoxy) is 1. The van der Waals surface area contributed by atoms with E-state index in [0.29, 0.717) is 5.75 Å². The Morgan fingerprint density at radius 1 is 1.06 bits per heavy atom. The van der Waals surface area contributed by atoms with E-state index in [1.165, 1.54) is 10.5 Å². The first kappa shape index (κ1) is 12.8. The van der Waals surface area contributed by atoms with Crippen LogP contribution in [0.5, 0.6) is 11.5 Å². The van der Waals surface area contributed by atoms with Gasteiger partial charge in [-0.3, -0.25) is 0 Å². The van der Waals surface area contributed by atoms with Gasteiger partial charge in [-0.05, 0) is 42.3 Å². The van der Waals surface area contributed by atoms with Crippen molar-refractivity contribution in [3.8, 4) is 11.5 Å². The van der Waals surface area contributed by atoms with Crippen molar-refractivity contribution >= 4 is 11.8 Å². The second-order valence-electron chi connectivity index (χ2n) is 3.93. The molecule has 2 aromatic rings. The Bertz CT molecular complexity index is 521. The molecule has 94 valence electrons. The maximum absolute atomic E-state index is 9.54. The molecule has 18 heavy (non-hydrogen) atoms. The average molecular weight is 260 g/mol. The maximum Gasteiger partial charge on any atom is 0.161 e. The minimum atomic E-state index is 0.170. The fraction of sp³-hybridized carbons (Fsp3) is 0.200. The number of methoxy groups -OCH3 is 1. The van der Waals surface area contributed by atoms with Gasteiger partial charge in [0.25, 0.3) is 0 Å². The predicted octanol–water partition coefficient (Wildman–Crippen LogP) is 4.11. The van der Waals surface area contributed by atoms with Crippen LogP contribution in [0.1, 0.15) is 12.5 Å². The minimum absolute atomic E-state index is 0.170. The molecule has 0 radical (unpaired) electrons. The van der Waals surface area contributed by atoms with Gasteiger partial charge in [-0.1, -0.05) is 30.8 Å². The standard InChI is InChI=1S/C15H16O2S/c1-3-11-4-6-12(7-5-11)18-13-8-9-14(16)15(10-13)17-2/h4-10,16H,3H2,1-2H3. The largest absolute Gasteiger partial charge is 0.504 e. The van der Waals surface area contributed by atoms with Gasteiger partial charge in [0.2, 0.25) is 0 Å². The Hall–Kier alpha value is -1.61. The normalized spacial score (nSPS) is 10.3. The molecule has 0 spiro atoms. The molecule has 0 saturated carbocycles. The van der Waals surface area contributed by atoms with Crippen LogP contribution in [0.25, 0.3) is 0 Å². The van der Waals surface area contributed by atoms with Gasteiger partial charge < -0.3 is 9.84 Å². The van der Waals surface area contributed by atoms with Gasteiger partial charge in [0.15, 0.2) is 11.5 Å². The van der Waals surface area contributed by atoms with Crippen LogP contribution in [-0.4, -0.2) is 12.2 Å². The molecule has 0 amide bonds. The fourth-order valence-electron chi connectivity index (χ4n) is 1.65. The van der Waals surface area contributed by atoms with Crippen molar-refractivity contribution in [2.75, 3.05) is 7.11 Å². The molecule has 3 heteroatoms. The smallest absolute Gasteiger partial charge is 0.161 e. The third kappa shape index (κ3) is 2.99. The van der Waals surface area contributed by atoms with Gasteiger partial charge in [0, 0.05) is 9.79 Å². The maximum atomic E-state index is 9.54. The summed E-state index contributed by atoms with van der Waals surface area (Å²) in [6.45, 7) is 2.15. The summed E-state index contributed by atoms with van der Waals surface area (Å²) in [5.74, 6) is 0.674. The van der Waals surface area contributed by atoms with E-state index in [-0.39, 0.29) is 5.75 Å². The topological polar surface area (TPSA) is 29.5 Å². The molecule has 0 unspecified atom stereocenters. The first-order chi connectivity index (χ1) is 8.72. The first-order valence-corrected chi connectivity index (χ1v) is 6.68. The highest BCUT2D eigenvalue weighted by Crippen LogP contribution is 2.34. The van der Waals surface area contributed by atoms with Crippen molar-refractivity contribution in [3.05, 3.63) is 48.0 Å². The Kier molecular flexibility index (Phi) is 4.15. The molecule has 2 aromatic carbocycles. The van der Waals surface area contributed by atoms with Crippen molar-refractivity contribution in [3.63, 3.8) is 0 Å². The zero-order valence-electron chi connectivity index (χ0n) is 10.5. The third-order valence-corrected chi connectivity index (χ3v) is 3.72. The Labute approximate surface area is 112 Å². The first-order valence-electron chi connectivity index (χ1n) is 5.86. The van der Waals surface area contributed by atoms with Gasteiger partial charge in [0.05, 0.1) is 7.11 Å². The molecule has 2 rings (SSSR count). The van der Waals surface area contributed by atoms with Gasteiger partial charge in [-0.2, -0.15) is 0 Å². The van der Waals surface area contributed by atoms with Gasteiger partial charge >= 0.3 is 0 Å². The predicted molar refractivity (Wildman–Crippen MR) is 74.6 cm³/mol. The molecule has 0 saturated heterocycles. The van der Waals surface area contributed by atoms with Crippen LogP contribution >= 0.6 is 11.8 Å². The molecule has 0 atom stereocenters. The number of benzene rings is 2. The van der Waals surface area contributed by atoms with Crippen LogP contribution in [-0.2, 0) is 6.42 Å². The van der Waals surface area contributed by atoms with Gasteiger partial charge in [0.1, 0.15) is 0 Å². The van der Waals surface area contributed by atoms with Crippen LogP contribution in [0.2, 0.25) is 0 Å². The highest BCUT2D eigenvalue weighted by molar-refractivity contribution is 7.99. The van der Waals surface area contributed by atoms with E-state index in [9.17, 15) is 5.11 Å². The summed E-state index contributed by atoms with van der Waals surface area (Å²) in [5.41, 5.74) is 1.34. The molecule has 0 fully saturated rings. The molecule has 0 heterocycles. The van der Waals surface area contributed by atoms with E-state index in [4.69, 9.17) is 4.74 Å². The summed E-state index contributed by atoms with van der Waals surface area (Å²) in [6, 6.07) is 13.9. The quantitative estimate of drug-likeness (QED) is 0.897. The summed E-state index contributed by atoms with van der Waals surface area (Å²) in [4.78, 5) is 2.23.